The van der Waals surface area contributed by atoms with Crippen molar-refractivity contribution in [3.8, 4) is 17.2 Å². The maximum atomic E-state index is 5.43. The Bertz CT molecular complexity index is 474. The monoisotopic (exact) mass is 281 g/mol. The van der Waals surface area contributed by atoms with E-state index < -0.39 is 0 Å². The molecule has 0 amide bonds. The standard InChI is InChI=1S/C14H19NO3S/c1-16-11-5-10(6-12-13(11)18-9-17-12)7-15-8-14(19-2)3-4-14/h5-6,15H,3-4,7-9H2,1-2H3. The molecule has 104 valence electrons. The fourth-order valence-corrected chi connectivity index (χ4v) is 3.07. The molecule has 1 aliphatic heterocycles. The molecule has 1 N–H and O–H groups in total. The molecule has 0 atom stereocenters. The zero-order chi connectivity index (χ0) is 13.3. The summed E-state index contributed by atoms with van der Waals surface area (Å²) < 4.78 is 16.6. The number of rotatable bonds is 6. The van der Waals surface area contributed by atoms with Gasteiger partial charge in [-0.15, -0.1) is 0 Å². The second-order valence-electron chi connectivity index (χ2n) is 5.02. The Morgan fingerprint density at radius 2 is 2.21 bits per heavy atom. The van der Waals surface area contributed by atoms with Crippen LogP contribution in [0.1, 0.15) is 18.4 Å². The van der Waals surface area contributed by atoms with Crippen molar-refractivity contribution in [2.75, 3.05) is 26.7 Å². The quantitative estimate of drug-likeness (QED) is 0.867. The van der Waals surface area contributed by atoms with Gasteiger partial charge in [0, 0.05) is 17.8 Å². The van der Waals surface area contributed by atoms with Gasteiger partial charge in [-0.25, -0.2) is 0 Å². The van der Waals surface area contributed by atoms with Gasteiger partial charge in [0.1, 0.15) is 0 Å². The molecular formula is C14H19NO3S. The number of hydrogen-bond donors (Lipinski definition) is 1. The number of fused-ring (bicyclic) bond motifs is 1. The summed E-state index contributed by atoms with van der Waals surface area (Å²) in [6, 6.07) is 4.04. The van der Waals surface area contributed by atoms with E-state index in [1.165, 1.54) is 12.8 Å². The maximum absolute atomic E-state index is 5.43. The molecule has 0 bridgehead atoms. The smallest absolute Gasteiger partial charge is 0.231 e. The first kappa shape index (κ1) is 12.9. The van der Waals surface area contributed by atoms with Crippen LogP contribution in [0, 0.1) is 0 Å². The van der Waals surface area contributed by atoms with Gasteiger partial charge < -0.3 is 19.5 Å². The number of ether oxygens (including phenoxy) is 3. The first-order chi connectivity index (χ1) is 9.26. The van der Waals surface area contributed by atoms with Crippen molar-refractivity contribution in [3.05, 3.63) is 17.7 Å². The number of benzene rings is 1. The molecule has 5 heteroatoms. The lowest BCUT2D eigenvalue weighted by Gasteiger charge is -2.14. The van der Waals surface area contributed by atoms with E-state index in [-0.39, 0.29) is 6.79 Å². The summed E-state index contributed by atoms with van der Waals surface area (Å²) in [6.45, 7) is 2.17. The van der Waals surface area contributed by atoms with Crippen LogP contribution in [0.3, 0.4) is 0 Å². The molecule has 1 saturated carbocycles. The maximum Gasteiger partial charge on any atom is 0.231 e. The normalized spacial score (nSPS) is 18.4. The SMILES string of the molecule is COc1cc(CNCC2(SC)CC2)cc2c1OCO2. The molecular weight excluding hydrogens is 262 g/mol. The molecule has 0 saturated heterocycles. The summed E-state index contributed by atoms with van der Waals surface area (Å²) in [5.74, 6) is 2.24. The van der Waals surface area contributed by atoms with E-state index in [4.69, 9.17) is 14.2 Å². The minimum atomic E-state index is 0.276. The van der Waals surface area contributed by atoms with Crippen LogP contribution in [-0.2, 0) is 6.54 Å². The van der Waals surface area contributed by atoms with Crippen molar-refractivity contribution in [2.24, 2.45) is 0 Å². The number of thioether (sulfide) groups is 1. The van der Waals surface area contributed by atoms with E-state index in [1.807, 2.05) is 23.9 Å². The number of hydrogen-bond acceptors (Lipinski definition) is 5. The number of methoxy groups -OCH3 is 1. The van der Waals surface area contributed by atoms with Crippen LogP contribution >= 0.6 is 11.8 Å². The molecule has 1 aliphatic carbocycles. The molecule has 19 heavy (non-hydrogen) atoms. The highest BCUT2D eigenvalue weighted by Crippen LogP contribution is 2.46. The van der Waals surface area contributed by atoms with E-state index in [1.54, 1.807) is 7.11 Å². The van der Waals surface area contributed by atoms with Gasteiger partial charge in [0.05, 0.1) is 7.11 Å². The molecule has 4 nitrogen and oxygen atoms in total. The summed E-state index contributed by atoms with van der Waals surface area (Å²) >= 11 is 1.97. The van der Waals surface area contributed by atoms with Crippen molar-refractivity contribution >= 4 is 11.8 Å². The minimum absolute atomic E-state index is 0.276. The van der Waals surface area contributed by atoms with Gasteiger partial charge in [0.15, 0.2) is 11.5 Å². The van der Waals surface area contributed by atoms with Gasteiger partial charge in [-0.3, -0.25) is 0 Å². The summed E-state index contributed by atoms with van der Waals surface area (Å²) in [6.07, 6.45) is 4.84. The van der Waals surface area contributed by atoms with Gasteiger partial charge in [0.2, 0.25) is 12.5 Å². The van der Waals surface area contributed by atoms with Gasteiger partial charge in [0.25, 0.3) is 0 Å². The third-order valence-corrected chi connectivity index (χ3v) is 5.15. The molecule has 0 spiro atoms. The predicted molar refractivity (Wildman–Crippen MR) is 76.3 cm³/mol. The Kier molecular flexibility index (Phi) is 3.50. The van der Waals surface area contributed by atoms with E-state index in [2.05, 4.69) is 11.6 Å². The summed E-state index contributed by atoms with van der Waals surface area (Å²) in [5, 5.41) is 3.53. The largest absolute Gasteiger partial charge is 0.493 e. The van der Waals surface area contributed by atoms with E-state index >= 15 is 0 Å². The van der Waals surface area contributed by atoms with Crippen LogP contribution in [0.15, 0.2) is 12.1 Å². The van der Waals surface area contributed by atoms with Gasteiger partial charge >= 0.3 is 0 Å². The molecule has 1 fully saturated rings. The van der Waals surface area contributed by atoms with Crippen LogP contribution in [-0.4, -0.2) is 31.5 Å². The van der Waals surface area contributed by atoms with Gasteiger partial charge in [-0.2, -0.15) is 11.8 Å². The highest BCUT2D eigenvalue weighted by molar-refractivity contribution is 8.00. The zero-order valence-corrected chi connectivity index (χ0v) is 12.1. The Morgan fingerprint density at radius 1 is 1.37 bits per heavy atom. The summed E-state index contributed by atoms with van der Waals surface area (Å²) in [5.41, 5.74) is 1.16. The van der Waals surface area contributed by atoms with Crippen LogP contribution in [0.25, 0.3) is 0 Å². The van der Waals surface area contributed by atoms with Gasteiger partial charge in [-0.1, -0.05) is 0 Å². The Morgan fingerprint density at radius 3 is 2.89 bits per heavy atom. The summed E-state index contributed by atoms with van der Waals surface area (Å²) in [7, 11) is 1.65. The molecule has 0 unspecified atom stereocenters. The lowest BCUT2D eigenvalue weighted by atomic mass is 10.2. The van der Waals surface area contributed by atoms with Crippen LogP contribution in [0.2, 0.25) is 0 Å². The van der Waals surface area contributed by atoms with Crippen molar-refractivity contribution in [2.45, 2.75) is 24.1 Å². The fraction of sp³-hybridized carbons (Fsp3) is 0.571. The predicted octanol–water partition coefficient (Wildman–Crippen LogP) is 2.41. The van der Waals surface area contributed by atoms with Crippen LogP contribution < -0.4 is 19.5 Å². The Balaban J connectivity index is 1.65. The van der Waals surface area contributed by atoms with E-state index in [0.29, 0.717) is 10.5 Å². The lowest BCUT2D eigenvalue weighted by molar-refractivity contribution is 0.171. The molecule has 0 aromatic heterocycles. The molecule has 1 heterocycles. The average molecular weight is 281 g/mol. The highest BCUT2D eigenvalue weighted by Gasteiger charge is 2.41. The zero-order valence-electron chi connectivity index (χ0n) is 11.3. The second kappa shape index (κ2) is 5.13. The minimum Gasteiger partial charge on any atom is -0.493 e. The number of nitrogens with one attached hydrogen (secondary N) is 1. The van der Waals surface area contributed by atoms with Crippen molar-refractivity contribution < 1.29 is 14.2 Å². The molecule has 3 rings (SSSR count). The highest BCUT2D eigenvalue weighted by atomic mass is 32.2. The molecule has 2 aliphatic rings. The second-order valence-corrected chi connectivity index (χ2v) is 6.30. The molecule has 0 radical (unpaired) electrons. The van der Waals surface area contributed by atoms with Crippen LogP contribution in [0.4, 0.5) is 0 Å². The topological polar surface area (TPSA) is 39.7 Å². The third kappa shape index (κ3) is 2.62. The third-order valence-electron chi connectivity index (χ3n) is 3.74. The average Bonchev–Trinajstić information content (AvgIpc) is 3.06. The van der Waals surface area contributed by atoms with Crippen molar-refractivity contribution in [1.82, 2.24) is 5.32 Å². The van der Waals surface area contributed by atoms with E-state index in [9.17, 15) is 0 Å². The fourth-order valence-electron chi connectivity index (χ4n) is 2.31. The molecule has 1 aromatic carbocycles. The van der Waals surface area contributed by atoms with Crippen molar-refractivity contribution in [1.29, 1.82) is 0 Å². The first-order valence-electron chi connectivity index (χ1n) is 6.49. The van der Waals surface area contributed by atoms with Gasteiger partial charge in [-0.05, 0) is 36.8 Å². The Labute approximate surface area is 117 Å². The first-order valence-corrected chi connectivity index (χ1v) is 7.71. The molecule has 1 aromatic rings. The van der Waals surface area contributed by atoms with E-state index in [0.717, 1.165) is 30.2 Å². The van der Waals surface area contributed by atoms with Crippen LogP contribution in [0.5, 0.6) is 17.2 Å². The Hall–Kier alpha value is -1.07. The van der Waals surface area contributed by atoms with Crippen molar-refractivity contribution in [3.63, 3.8) is 0 Å². The lowest BCUT2D eigenvalue weighted by Crippen LogP contribution is -2.25. The summed E-state index contributed by atoms with van der Waals surface area (Å²) in [4.78, 5) is 0.